The number of sulfone groups is 1. The third-order valence-corrected chi connectivity index (χ3v) is 3.29. The lowest BCUT2D eigenvalue weighted by Gasteiger charge is -2.01. The molecule has 0 radical (unpaired) electrons. The molecule has 0 unspecified atom stereocenters. The summed E-state index contributed by atoms with van der Waals surface area (Å²) in [4.78, 5) is 3.76. The summed E-state index contributed by atoms with van der Waals surface area (Å²) in [7, 11) is -3.51. The van der Waals surface area contributed by atoms with Crippen molar-refractivity contribution in [2.45, 2.75) is 11.4 Å². The van der Waals surface area contributed by atoms with Crippen LogP contribution in [0.15, 0.2) is 27.6 Å². The summed E-state index contributed by atoms with van der Waals surface area (Å²) in [5.74, 6) is -0.401. The highest BCUT2D eigenvalue weighted by molar-refractivity contribution is 7.90. The first kappa shape index (κ1) is 12.7. The van der Waals surface area contributed by atoms with E-state index in [1.807, 2.05) is 0 Å². The average molecular weight is 271 g/mol. The van der Waals surface area contributed by atoms with E-state index < -0.39 is 15.7 Å². The van der Waals surface area contributed by atoms with Crippen molar-refractivity contribution in [1.82, 2.24) is 10.1 Å². The molecule has 18 heavy (non-hydrogen) atoms. The zero-order valence-corrected chi connectivity index (χ0v) is 10.2. The summed E-state index contributed by atoms with van der Waals surface area (Å²) in [5.41, 5.74) is 5.53. The van der Waals surface area contributed by atoms with Crippen molar-refractivity contribution in [2.24, 2.45) is 5.73 Å². The van der Waals surface area contributed by atoms with Crippen molar-refractivity contribution in [3.05, 3.63) is 29.9 Å². The molecule has 96 valence electrons. The fourth-order valence-corrected chi connectivity index (χ4v) is 2.03. The molecule has 1 aromatic carbocycles. The van der Waals surface area contributed by atoms with E-state index in [1.165, 1.54) is 6.07 Å². The molecule has 0 fully saturated rings. The molecule has 0 saturated heterocycles. The van der Waals surface area contributed by atoms with Crippen LogP contribution >= 0.6 is 0 Å². The Morgan fingerprint density at radius 3 is 2.67 bits per heavy atom. The van der Waals surface area contributed by atoms with Gasteiger partial charge in [0.2, 0.25) is 11.7 Å². The summed E-state index contributed by atoms with van der Waals surface area (Å²) >= 11 is 0. The van der Waals surface area contributed by atoms with Gasteiger partial charge in [-0.05, 0) is 18.2 Å². The summed E-state index contributed by atoms with van der Waals surface area (Å²) in [6.45, 7) is 0.0568. The van der Waals surface area contributed by atoms with Crippen LogP contribution in [0.4, 0.5) is 4.39 Å². The first-order valence-corrected chi connectivity index (χ1v) is 6.83. The van der Waals surface area contributed by atoms with E-state index in [9.17, 15) is 12.8 Å². The molecular formula is C10H10FN3O3S. The summed E-state index contributed by atoms with van der Waals surface area (Å²) < 4.78 is 40.9. The summed E-state index contributed by atoms with van der Waals surface area (Å²) in [6.07, 6.45) is 0.993. The third-order valence-electron chi connectivity index (χ3n) is 2.20. The van der Waals surface area contributed by atoms with Crippen molar-refractivity contribution in [2.75, 3.05) is 6.26 Å². The van der Waals surface area contributed by atoms with E-state index >= 15 is 0 Å². The van der Waals surface area contributed by atoms with E-state index in [0.717, 1.165) is 18.4 Å². The Hall–Kier alpha value is -1.80. The maximum Gasteiger partial charge on any atom is 0.240 e. The highest BCUT2D eigenvalue weighted by Crippen LogP contribution is 2.21. The number of aromatic nitrogens is 2. The molecule has 0 atom stereocenters. The molecule has 0 saturated carbocycles. The molecule has 0 spiro atoms. The van der Waals surface area contributed by atoms with Gasteiger partial charge in [0, 0.05) is 11.8 Å². The molecule has 2 rings (SSSR count). The van der Waals surface area contributed by atoms with Crippen LogP contribution in [0.2, 0.25) is 0 Å². The maximum absolute atomic E-state index is 13.4. The van der Waals surface area contributed by atoms with Gasteiger partial charge < -0.3 is 10.3 Å². The molecule has 0 aliphatic carbocycles. The first-order valence-electron chi connectivity index (χ1n) is 4.94. The van der Waals surface area contributed by atoms with E-state index in [4.69, 9.17) is 10.3 Å². The highest BCUT2D eigenvalue weighted by atomic mass is 32.2. The first-order chi connectivity index (χ1) is 8.40. The van der Waals surface area contributed by atoms with E-state index in [1.54, 1.807) is 0 Å². The molecule has 0 bridgehead atoms. The lowest BCUT2D eigenvalue weighted by molar-refractivity contribution is 0.380. The number of nitrogens with two attached hydrogens (primary N) is 1. The lowest BCUT2D eigenvalue weighted by atomic mass is 10.2. The van der Waals surface area contributed by atoms with Crippen LogP contribution in [-0.2, 0) is 16.4 Å². The van der Waals surface area contributed by atoms with Gasteiger partial charge in [0.05, 0.1) is 11.4 Å². The second kappa shape index (κ2) is 4.46. The average Bonchev–Trinajstić information content (AvgIpc) is 2.75. The third kappa shape index (κ3) is 2.54. The Morgan fingerprint density at radius 2 is 2.11 bits per heavy atom. The number of rotatable bonds is 3. The van der Waals surface area contributed by atoms with Crippen molar-refractivity contribution in [3.8, 4) is 11.4 Å². The van der Waals surface area contributed by atoms with Crippen LogP contribution < -0.4 is 5.73 Å². The van der Waals surface area contributed by atoms with Gasteiger partial charge in [-0.2, -0.15) is 4.98 Å². The fourth-order valence-electron chi connectivity index (χ4n) is 1.36. The van der Waals surface area contributed by atoms with Crippen LogP contribution in [0, 0.1) is 5.82 Å². The van der Waals surface area contributed by atoms with Gasteiger partial charge in [0.1, 0.15) is 5.82 Å². The minimum absolute atomic E-state index is 0.0568. The lowest BCUT2D eigenvalue weighted by Crippen LogP contribution is -1.99. The van der Waals surface area contributed by atoms with Gasteiger partial charge >= 0.3 is 0 Å². The standard InChI is InChI=1S/C10H10FN3O3S/c1-18(15,16)8-3-6(2-7(11)4-8)10-13-9(5-12)17-14-10/h2-4H,5,12H2,1H3. The molecule has 0 aliphatic heterocycles. The second-order valence-electron chi connectivity index (χ2n) is 3.66. The second-order valence-corrected chi connectivity index (χ2v) is 5.68. The molecule has 1 aromatic heterocycles. The normalized spacial score (nSPS) is 11.7. The number of benzene rings is 1. The number of nitrogens with zero attached hydrogens (tertiary/aromatic N) is 2. The molecular weight excluding hydrogens is 261 g/mol. The zero-order chi connectivity index (χ0) is 13.3. The molecule has 6 nitrogen and oxygen atoms in total. The van der Waals surface area contributed by atoms with Crippen LogP contribution in [0.5, 0.6) is 0 Å². The minimum atomic E-state index is -3.51. The Bertz CT molecular complexity index is 681. The van der Waals surface area contributed by atoms with E-state index in [-0.39, 0.29) is 28.7 Å². The molecule has 1 heterocycles. The van der Waals surface area contributed by atoms with Crippen LogP contribution in [0.25, 0.3) is 11.4 Å². The number of hydrogen-bond acceptors (Lipinski definition) is 6. The van der Waals surface area contributed by atoms with Crippen molar-refractivity contribution in [1.29, 1.82) is 0 Å². The topological polar surface area (TPSA) is 99.1 Å². The molecule has 2 N–H and O–H groups in total. The minimum Gasteiger partial charge on any atom is -0.338 e. The van der Waals surface area contributed by atoms with Gasteiger partial charge in [-0.25, -0.2) is 12.8 Å². The van der Waals surface area contributed by atoms with Crippen LogP contribution in [0.1, 0.15) is 5.89 Å². The molecule has 0 amide bonds. The zero-order valence-electron chi connectivity index (χ0n) is 9.42. The summed E-state index contributed by atoms with van der Waals surface area (Å²) in [5, 5.41) is 3.59. The van der Waals surface area contributed by atoms with Crippen molar-refractivity contribution in [3.63, 3.8) is 0 Å². The molecule has 0 aliphatic rings. The Labute approximate surface area is 103 Å². The smallest absolute Gasteiger partial charge is 0.240 e. The quantitative estimate of drug-likeness (QED) is 0.883. The van der Waals surface area contributed by atoms with Crippen LogP contribution in [0.3, 0.4) is 0 Å². The predicted octanol–water partition coefficient (Wildman–Crippen LogP) is 0.738. The molecule has 2 aromatic rings. The SMILES string of the molecule is CS(=O)(=O)c1cc(F)cc(-c2noc(CN)n2)c1. The fraction of sp³-hybridized carbons (Fsp3) is 0.200. The van der Waals surface area contributed by atoms with Crippen molar-refractivity contribution >= 4 is 9.84 Å². The Balaban J connectivity index is 2.55. The number of halogens is 1. The van der Waals surface area contributed by atoms with Gasteiger partial charge in [0.15, 0.2) is 9.84 Å². The largest absolute Gasteiger partial charge is 0.338 e. The monoisotopic (exact) mass is 271 g/mol. The van der Waals surface area contributed by atoms with E-state index in [0.29, 0.717) is 0 Å². The van der Waals surface area contributed by atoms with Crippen molar-refractivity contribution < 1.29 is 17.3 Å². The molecule has 8 heteroatoms. The highest BCUT2D eigenvalue weighted by Gasteiger charge is 2.14. The van der Waals surface area contributed by atoms with Gasteiger partial charge in [-0.1, -0.05) is 5.16 Å². The van der Waals surface area contributed by atoms with E-state index in [2.05, 4.69) is 10.1 Å². The Morgan fingerprint density at radius 1 is 1.39 bits per heavy atom. The Kier molecular flexibility index (Phi) is 3.14. The van der Waals surface area contributed by atoms with Crippen LogP contribution in [-0.4, -0.2) is 24.8 Å². The van der Waals surface area contributed by atoms with Gasteiger partial charge in [0.25, 0.3) is 0 Å². The predicted molar refractivity (Wildman–Crippen MR) is 60.7 cm³/mol. The van der Waals surface area contributed by atoms with Gasteiger partial charge in [-0.15, -0.1) is 0 Å². The number of hydrogen-bond donors (Lipinski definition) is 1. The summed E-state index contributed by atoms with van der Waals surface area (Å²) in [6, 6.07) is 3.34. The maximum atomic E-state index is 13.4. The van der Waals surface area contributed by atoms with Gasteiger partial charge in [-0.3, -0.25) is 0 Å².